The smallest absolute Gasteiger partial charge is 0.0701 e. The Morgan fingerprint density at radius 2 is 2.44 bits per heavy atom. The third-order valence-corrected chi connectivity index (χ3v) is 4.02. The van der Waals surface area contributed by atoms with Gasteiger partial charge in [-0.1, -0.05) is 6.07 Å². The summed E-state index contributed by atoms with van der Waals surface area (Å²) in [6, 6.07) is 6.61. The standard InChI is InChI=1S/C12H13BrN2S/c1-14-11(10-6-12(13)16-8-10)5-9-3-2-4-15-7-9/h2-4,6-8,11,14H,5H2,1H3. The van der Waals surface area contributed by atoms with Crippen LogP contribution in [-0.4, -0.2) is 12.0 Å². The number of likely N-dealkylation sites (N-methyl/N-ethyl adjacent to an activating group) is 1. The second-order valence-electron chi connectivity index (χ2n) is 3.59. The van der Waals surface area contributed by atoms with Crippen LogP contribution in [0.3, 0.4) is 0 Å². The highest BCUT2D eigenvalue weighted by Crippen LogP contribution is 2.26. The Bertz CT molecular complexity index is 441. The number of rotatable bonds is 4. The van der Waals surface area contributed by atoms with Gasteiger partial charge in [-0.25, -0.2) is 0 Å². The van der Waals surface area contributed by atoms with Crippen LogP contribution in [0.1, 0.15) is 17.2 Å². The molecule has 4 heteroatoms. The molecule has 0 aliphatic heterocycles. The maximum absolute atomic E-state index is 4.14. The number of thiophene rings is 1. The molecule has 16 heavy (non-hydrogen) atoms. The van der Waals surface area contributed by atoms with E-state index in [4.69, 9.17) is 0 Å². The zero-order valence-electron chi connectivity index (χ0n) is 8.98. The maximum atomic E-state index is 4.14. The van der Waals surface area contributed by atoms with E-state index >= 15 is 0 Å². The van der Waals surface area contributed by atoms with Crippen molar-refractivity contribution >= 4 is 27.3 Å². The molecule has 0 aliphatic rings. The highest BCUT2D eigenvalue weighted by atomic mass is 79.9. The normalized spacial score (nSPS) is 12.6. The molecule has 1 atom stereocenters. The molecule has 0 saturated heterocycles. The van der Waals surface area contributed by atoms with Gasteiger partial charge in [0.2, 0.25) is 0 Å². The highest BCUT2D eigenvalue weighted by molar-refractivity contribution is 9.11. The van der Waals surface area contributed by atoms with Gasteiger partial charge < -0.3 is 5.32 Å². The van der Waals surface area contributed by atoms with Crippen molar-refractivity contribution in [2.75, 3.05) is 7.05 Å². The first-order valence-corrected chi connectivity index (χ1v) is 6.77. The van der Waals surface area contributed by atoms with Crippen molar-refractivity contribution in [2.24, 2.45) is 0 Å². The number of nitrogens with zero attached hydrogens (tertiary/aromatic N) is 1. The van der Waals surface area contributed by atoms with E-state index in [0.717, 1.165) is 6.42 Å². The fraction of sp³-hybridized carbons (Fsp3) is 0.250. The van der Waals surface area contributed by atoms with E-state index in [-0.39, 0.29) is 0 Å². The molecule has 2 aromatic heterocycles. The lowest BCUT2D eigenvalue weighted by Gasteiger charge is -2.14. The van der Waals surface area contributed by atoms with Crippen LogP contribution in [-0.2, 0) is 6.42 Å². The fourth-order valence-electron chi connectivity index (χ4n) is 1.65. The first kappa shape index (κ1) is 11.8. The molecule has 2 heterocycles. The van der Waals surface area contributed by atoms with Crippen LogP contribution in [0.5, 0.6) is 0 Å². The molecule has 0 fully saturated rings. The van der Waals surface area contributed by atoms with Crippen molar-refractivity contribution in [3.8, 4) is 0 Å². The topological polar surface area (TPSA) is 24.9 Å². The summed E-state index contributed by atoms with van der Waals surface area (Å²) >= 11 is 5.21. The predicted molar refractivity (Wildman–Crippen MR) is 71.8 cm³/mol. The lowest BCUT2D eigenvalue weighted by atomic mass is 10.0. The Hall–Kier alpha value is -0.710. The molecule has 2 nitrogen and oxygen atoms in total. The summed E-state index contributed by atoms with van der Waals surface area (Å²) in [5.41, 5.74) is 2.58. The average molecular weight is 297 g/mol. The van der Waals surface area contributed by atoms with Crippen LogP contribution < -0.4 is 5.32 Å². The van der Waals surface area contributed by atoms with Gasteiger partial charge in [-0.3, -0.25) is 4.98 Å². The van der Waals surface area contributed by atoms with Crippen LogP contribution in [0.15, 0.2) is 39.8 Å². The van der Waals surface area contributed by atoms with Crippen LogP contribution in [0.25, 0.3) is 0 Å². The monoisotopic (exact) mass is 296 g/mol. The fourth-order valence-corrected chi connectivity index (χ4v) is 2.88. The van der Waals surface area contributed by atoms with Gasteiger partial charge >= 0.3 is 0 Å². The number of hydrogen-bond donors (Lipinski definition) is 1. The van der Waals surface area contributed by atoms with Crippen molar-refractivity contribution in [1.29, 1.82) is 0 Å². The maximum Gasteiger partial charge on any atom is 0.0701 e. The third kappa shape index (κ3) is 2.90. The first-order chi connectivity index (χ1) is 7.79. The first-order valence-electron chi connectivity index (χ1n) is 5.09. The molecular weight excluding hydrogens is 284 g/mol. The average Bonchev–Trinajstić information content (AvgIpc) is 2.74. The van der Waals surface area contributed by atoms with Gasteiger partial charge in [0.25, 0.3) is 0 Å². The van der Waals surface area contributed by atoms with Crippen molar-refractivity contribution in [1.82, 2.24) is 10.3 Å². The van der Waals surface area contributed by atoms with Gasteiger partial charge in [-0.05, 0) is 58.0 Å². The Balaban J connectivity index is 2.12. The zero-order chi connectivity index (χ0) is 11.4. The Kier molecular flexibility index (Phi) is 4.09. The quantitative estimate of drug-likeness (QED) is 0.935. The minimum atomic E-state index is 0.353. The molecule has 2 rings (SSSR count). The highest BCUT2D eigenvalue weighted by Gasteiger charge is 2.11. The molecule has 0 bridgehead atoms. The van der Waals surface area contributed by atoms with Crippen molar-refractivity contribution in [3.63, 3.8) is 0 Å². The summed E-state index contributed by atoms with van der Waals surface area (Å²) in [6.07, 6.45) is 4.69. The molecule has 0 saturated carbocycles. The Morgan fingerprint density at radius 3 is 3.00 bits per heavy atom. The molecule has 0 spiro atoms. The summed E-state index contributed by atoms with van der Waals surface area (Å²) in [6.45, 7) is 0. The summed E-state index contributed by atoms with van der Waals surface area (Å²) < 4.78 is 1.17. The van der Waals surface area contributed by atoms with E-state index in [0.29, 0.717) is 6.04 Å². The number of hydrogen-bond acceptors (Lipinski definition) is 3. The molecule has 2 aromatic rings. The predicted octanol–water partition coefficient (Wildman–Crippen LogP) is 3.41. The van der Waals surface area contributed by atoms with Crippen LogP contribution >= 0.6 is 27.3 Å². The third-order valence-electron chi connectivity index (χ3n) is 2.50. The van der Waals surface area contributed by atoms with Crippen molar-refractivity contribution in [3.05, 3.63) is 50.9 Å². The summed E-state index contributed by atoms with van der Waals surface area (Å²) in [5, 5.41) is 5.52. The van der Waals surface area contributed by atoms with E-state index in [1.807, 2.05) is 19.3 Å². The summed E-state index contributed by atoms with van der Waals surface area (Å²) in [4.78, 5) is 4.14. The molecule has 84 valence electrons. The lowest BCUT2D eigenvalue weighted by molar-refractivity contribution is 0.593. The molecule has 0 radical (unpaired) electrons. The van der Waals surface area contributed by atoms with Gasteiger partial charge in [-0.2, -0.15) is 0 Å². The van der Waals surface area contributed by atoms with Crippen molar-refractivity contribution in [2.45, 2.75) is 12.5 Å². The van der Waals surface area contributed by atoms with Gasteiger partial charge in [0, 0.05) is 18.4 Å². The minimum absolute atomic E-state index is 0.353. The molecule has 0 aliphatic carbocycles. The van der Waals surface area contributed by atoms with E-state index in [1.54, 1.807) is 17.5 Å². The second kappa shape index (κ2) is 5.57. The van der Waals surface area contributed by atoms with Gasteiger partial charge in [0.05, 0.1) is 3.79 Å². The molecule has 1 unspecified atom stereocenters. The molecule has 1 N–H and O–H groups in total. The van der Waals surface area contributed by atoms with E-state index < -0.39 is 0 Å². The second-order valence-corrected chi connectivity index (χ2v) is 5.88. The minimum Gasteiger partial charge on any atom is -0.313 e. The van der Waals surface area contributed by atoms with Crippen LogP contribution in [0, 0.1) is 0 Å². The number of aromatic nitrogens is 1. The van der Waals surface area contributed by atoms with Gasteiger partial charge in [0.15, 0.2) is 0 Å². The largest absolute Gasteiger partial charge is 0.313 e. The zero-order valence-corrected chi connectivity index (χ0v) is 11.4. The van der Waals surface area contributed by atoms with Crippen LogP contribution in [0.4, 0.5) is 0 Å². The van der Waals surface area contributed by atoms with E-state index in [9.17, 15) is 0 Å². The lowest BCUT2D eigenvalue weighted by Crippen LogP contribution is -2.18. The summed E-state index contributed by atoms with van der Waals surface area (Å²) in [5.74, 6) is 0. The number of nitrogens with one attached hydrogen (secondary N) is 1. The number of pyridine rings is 1. The van der Waals surface area contributed by atoms with Gasteiger partial charge in [-0.15, -0.1) is 11.3 Å². The molecule has 0 aromatic carbocycles. The number of halogens is 1. The van der Waals surface area contributed by atoms with Gasteiger partial charge in [0.1, 0.15) is 0 Å². The Labute approximate surface area is 108 Å². The summed E-state index contributed by atoms with van der Waals surface area (Å²) in [7, 11) is 1.99. The molecule has 0 amide bonds. The van der Waals surface area contributed by atoms with Crippen LogP contribution in [0.2, 0.25) is 0 Å². The Morgan fingerprint density at radius 1 is 1.56 bits per heavy atom. The van der Waals surface area contributed by atoms with E-state index in [1.165, 1.54) is 14.9 Å². The molecular formula is C12H13BrN2S. The van der Waals surface area contributed by atoms with E-state index in [2.05, 4.69) is 43.7 Å². The SMILES string of the molecule is CNC(Cc1cccnc1)c1csc(Br)c1. The van der Waals surface area contributed by atoms with Crippen molar-refractivity contribution < 1.29 is 0 Å².